The fraction of sp³-hybridized carbons (Fsp3) is 0.562. The van der Waals surface area contributed by atoms with E-state index in [1.807, 2.05) is 6.92 Å². The summed E-state index contributed by atoms with van der Waals surface area (Å²) < 4.78 is 5.37. The van der Waals surface area contributed by atoms with Gasteiger partial charge in [0, 0.05) is 11.4 Å². The molecule has 0 fully saturated rings. The molecule has 1 aromatic rings. The van der Waals surface area contributed by atoms with Crippen molar-refractivity contribution in [2.75, 3.05) is 19.8 Å². The Labute approximate surface area is 125 Å². The second kappa shape index (κ2) is 7.04. The smallest absolute Gasteiger partial charge is 0.261 e. The van der Waals surface area contributed by atoms with Crippen molar-refractivity contribution in [3.63, 3.8) is 0 Å². The normalized spacial score (nSPS) is 17.6. The minimum absolute atomic E-state index is 0.0241. The van der Waals surface area contributed by atoms with Crippen LogP contribution in [-0.4, -0.2) is 25.7 Å². The number of carbonyl (C=O) groups excluding carboxylic acids is 1. The van der Waals surface area contributed by atoms with Crippen LogP contribution in [0.1, 0.15) is 40.4 Å². The fourth-order valence-corrected chi connectivity index (χ4v) is 3.51. The van der Waals surface area contributed by atoms with Gasteiger partial charge >= 0.3 is 0 Å². The van der Waals surface area contributed by atoms with E-state index >= 15 is 0 Å². The molecule has 0 spiro atoms. The molecule has 1 atom stereocenters. The van der Waals surface area contributed by atoms with Gasteiger partial charge in [-0.25, -0.2) is 0 Å². The maximum Gasteiger partial charge on any atom is 0.261 e. The zero-order valence-corrected chi connectivity index (χ0v) is 13.1. The summed E-state index contributed by atoms with van der Waals surface area (Å²) in [5.41, 5.74) is 2.37. The Bertz CT molecular complexity index is 493. The number of nitrogens with one attached hydrogen (secondary N) is 1. The van der Waals surface area contributed by atoms with E-state index in [2.05, 4.69) is 24.9 Å². The third-order valence-corrected chi connectivity index (χ3v) is 4.67. The Hall–Kier alpha value is -1.13. The third kappa shape index (κ3) is 4.18. The molecule has 0 aliphatic heterocycles. The molecule has 1 aliphatic carbocycles. The second-order valence-electron chi connectivity index (χ2n) is 5.67. The van der Waals surface area contributed by atoms with Gasteiger partial charge in [0.1, 0.15) is 0 Å². The highest BCUT2D eigenvalue weighted by atomic mass is 32.1. The molecule has 0 bridgehead atoms. The monoisotopic (exact) mass is 293 g/mol. The van der Waals surface area contributed by atoms with E-state index < -0.39 is 0 Å². The fourth-order valence-electron chi connectivity index (χ4n) is 2.39. The van der Waals surface area contributed by atoms with Gasteiger partial charge in [-0.2, -0.15) is 0 Å². The van der Waals surface area contributed by atoms with E-state index in [0.29, 0.717) is 19.8 Å². The largest absolute Gasteiger partial charge is 0.375 e. The number of fused-ring (bicyclic) bond motifs is 1. The summed E-state index contributed by atoms with van der Waals surface area (Å²) in [5, 5.41) is 2.91. The molecule has 1 aromatic heterocycles. The minimum Gasteiger partial charge on any atom is -0.375 e. The zero-order chi connectivity index (χ0) is 14.5. The van der Waals surface area contributed by atoms with Crippen molar-refractivity contribution >= 4 is 17.2 Å². The van der Waals surface area contributed by atoms with E-state index in [1.165, 1.54) is 16.9 Å². The minimum atomic E-state index is 0.0241. The number of hydrogen-bond acceptors (Lipinski definition) is 3. The van der Waals surface area contributed by atoms with Crippen molar-refractivity contribution in [1.82, 2.24) is 5.32 Å². The summed E-state index contributed by atoms with van der Waals surface area (Å²) in [4.78, 5) is 14.3. The highest BCUT2D eigenvalue weighted by molar-refractivity contribution is 7.14. The summed E-state index contributed by atoms with van der Waals surface area (Å²) in [5.74, 6) is 0.763. The number of thiophene rings is 1. The lowest BCUT2D eigenvalue weighted by Crippen LogP contribution is -2.26. The molecule has 4 heteroatoms. The van der Waals surface area contributed by atoms with Crippen LogP contribution in [0, 0.1) is 5.92 Å². The summed E-state index contributed by atoms with van der Waals surface area (Å²) in [7, 11) is 0. The lowest BCUT2D eigenvalue weighted by molar-refractivity contribution is 0.0930. The first-order valence-electron chi connectivity index (χ1n) is 7.18. The maximum atomic E-state index is 12.1. The number of hydrogen-bond donors (Lipinski definition) is 1. The molecule has 0 radical (unpaired) electrons. The summed E-state index contributed by atoms with van der Waals surface area (Å²) in [6, 6.07) is 2.07. The third-order valence-electron chi connectivity index (χ3n) is 3.43. The first-order chi connectivity index (χ1) is 9.56. The molecule has 20 heavy (non-hydrogen) atoms. The predicted molar refractivity (Wildman–Crippen MR) is 83.5 cm³/mol. The second-order valence-corrected chi connectivity index (χ2v) is 6.81. The van der Waals surface area contributed by atoms with Crippen LogP contribution in [0.4, 0.5) is 0 Å². The maximum absolute atomic E-state index is 12.1. The summed E-state index contributed by atoms with van der Waals surface area (Å²) >= 11 is 1.65. The van der Waals surface area contributed by atoms with Crippen molar-refractivity contribution in [2.24, 2.45) is 5.92 Å². The van der Waals surface area contributed by atoms with Crippen LogP contribution >= 0.6 is 11.3 Å². The van der Waals surface area contributed by atoms with E-state index in [-0.39, 0.29) is 5.91 Å². The average Bonchev–Trinajstić information content (AvgIpc) is 2.80. The average molecular weight is 293 g/mol. The van der Waals surface area contributed by atoms with Gasteiger partial charge in [-0.1, -0.05) is 19.1 Å². The van der Waals surface area contributed by atoms with Crippen molar-refractivity contribution in [1.29, 1.82) is 0 Å². The van der Waals surface area contributed by atoms with E-state index in [0.717, 1.165) is 29.2 Å². The van der Waals surface area contributed by atoms with Gasteiger partial charge in [-0.05, 0) is 43.7 Å². The Kier molecular flexibility index (Phi) is 5.38. The molecule has 2 rings (SSSR count). The van der Waals surface area contributed by atoms with Crippen molar-refractivity contribution in [2.45, 2.75) is 33.1 Å². The van der Waals surface area contributed by atoms with Crippen LogP contribution in [0.15, 0.2) is 18.2 Å². The molecule has 1 amide bonds. The summed E-state index contributed by atoms with van der Waals surface area (Å²) in [6.07, 6.45) is 3.47. The molecular weight excluding hydrogens is 270 g/mol. The number of ether oxygens (including phenoxy) is 1. The van der Waals surface area contributed by atoms with E-state index in [1.54, 1.807) is 11.3 Å². The molecule has 1 unspecified atom stereocenters. The van der Waals surface area contributed by atoms with Crippen molar-refractivity contribution < 1.29 is 9.53 Å². The predicted octanol–water partition coefficient (Wildman–Crippen LogP) is 3.20. The molecule has 1 heterocycles. The van der Waals surface area contributed by atoms with Crippen LogP contribution in [0.5, 0.6) is 0 Å². The van der Waals surface area contributed by atoms with Crippen LogP contribution in [0.25, 0.3) is 0 Å². The Morgan fingerprint density at radius 2 is 2.40 bits per heavy atom. The molecule has 0 aromatic carbocycles. The highest BCUT2D eigenvalue weighted by Crippen LogP contribution is 2.32. The van der Waals surface area contributed by atoms with E-state index in [4.69, 9.17) is 4.74 Å². The Balaban J connectivity index is 1.80. The van der Waals surface area contributed by atoms with Crippen LogP contribution < -0.4 is 5.32 Å². The number of aryl methyl sites for hydroxylation is 1. The Morgan fingerprint density at radius 1 is 1.60 bits per heavy atom. The SMILES string of the molecule is C=C(C)COCCNC(=O)c1cc2c(s1)CCC(C)C2. The molecular formula is C16H23NO2S. The van der Waals surface area contributed by atoms with Crippen molar-refractivity contribution in [3.05, 3.63) is 33.5 Å². The lowest BCUT2D eigenvalue weighted by atomic mass is 9.90. The Morgan fingerprint density at radius 3 is 3.15 bits per heavy atom. The van der Waals surface area contributed by atoms with Gasteiger partial charge in [0.2, 0.25) is 0 Å². The topological polar surface area (TPSA) is 38.3 Å². The number of amides is 1. The van der Waals surface area contributed by atoms with Crippen LogP contribution in [0.3, 0.4) is 0 Å². The number of carbonyl (C=O) groups is 1. The van der Waals surface area contributed by atoms with E-state index in [9.17, 15) is 4.79 Å². The molecule has 0 saturated carbocycles. The molecule has 1 aliphatic rings. The molecule has 110 valence electrons. The van der Waals surface area contributed by atoms with Gasteiger partial charge in [-0.15, -0.1) is 11.3 Å². The molecule has 3 nitrogen and oxygen atoms in total. The number of rotatable bonds is 6. The standard InChI is InChI=1S/C16H23NO2S/c1-11(2)10-19-7-6-17-16(18)15-9-13-8-12(3)4-5-14(13)20-15/h9,12H,1,4-8,10H2,2-3H3,(H,17,18). The highest BCUT2D eigenvalue weighted by Gasteiger charge is 2.20. The lowest BCUT2D eigenvalue weighted by Gasteiger charge is -2.16. The van der Waals surface area contributed by atoms with Crippen LogP contribution in [-0.2, 0) is 17.6 Å². The first-order valence-corrected chi connectivity index (χ1v) is 8.00. The van der Waals surface area contributed by atoms with Crippen molar-refractivity contribution in [3.8, 4) is 0 Å². The van der Waals surface area contributed by atoms with Gasteiger partial charge in [-0.3, -0.25) is 4.79 Å². The van der Waals surface area contributed by atoms with Gasteiger partial charge in [0.25, 0.3) is 5.91 Å². The first kappa shape index (κ1) is 15.3. The zero-order valence-electron chi connectivity index (χ0n) is 12.3. The molecule has 1 N–H and O–H groups in total. The van der Waals surface area contributed by atoms with Gasteiger partial charge in [0.05, 0.1) is 18.1 Å². The van der Waals surface area contributed by atoms with Gasteiger partial charge < -0.3 is 10.1 Å². The van der Waals surface area contributed by atoms with Crippen LogP contribution in [0.2, 0.25) is 0 Å². The quantitative estimate of drug-likeness (QED) is 0.646. The molecule has 0 saturated heterocycles. The van der Waals surface area contributed by atoms with Gasteiger partial charge in [0.15, 0.2) is 0 Å². The summed E-state index contributed by atoms with van der Waals surface area (Å²) in [6.45, 7) is 9.60.